The lowest BCUT2D eigenvalue weighted by Crippen LogP contribution is -2.57. The first-order chi connectivity index (χ1) is 15.4. The predicted molar refractivity (Wildman–Crippen MR) is 121 cm³/mol. The van der Waals surface area contributed by atoms with Crippen LogP contribution in [0.1, 0.15) is 31.0 Å². The summed E-state index contributed by atoms with van der Waals surface area (Å²) in [4.78, 5) is 17.0. The van der Waals surface area contributed by atoms with Crippen molar-refractivity contribution < 1.29 is 13.6 Å². The van der Waals surface area contributed by atoms with E-state index in [9.17, 15) is 13.6 Å². The average molecular weight is 437 g/mol. The molecule has 1 spiro atoms. The third kappa shape index (κ3) is 3.15. The van der Waals surface area contributed by atoms with Gasteiger partial charge in [-0.25, -0.2) is 13.6 Å². The fourth-order valence-electron chi connectivity index (χ4n) is 5.26. The number of benzene rings is 2. The number of hydrogen-bond donors (Lipinski definition) is 1. The molecule has 2 amide bonds. The summed E-state index contributed by atoms with van der Waals surface area (Å²) in [7, 11) is 0. The highest BCUT2D eigenvalue weighted by atomic mass is 19.1. The number of hydrogen-bond acceptors (Lipinski definition) is 2. The monoisotopic (exact) mass is 436 g/mol. The Balaban J connectivity index is 1.41. The molecule has 7 heteroatoms. The Labute approximate surface area is 186 Å². The van der Waals surface area contributed by atoms with Crippen molar-refractivity contribution in [1.82, 2.24) is 9.47 Å². The first-order valence-corrected chi connectivity index (χ1v) is 11.0. The molecule has 3 aromatic rings. The van der Waals surface area contributed by atoms with Crippen LogP contribution >= 0.6 is 0 Å². The van der Waals surface area contributed by atoms with Crippen LogP contribution in [0.3, 0.4) is 0 Å². The molecule has 0 bridgehead atoms. The van der Waals surface area contributed by atoms with Crippen molar-refractivity contribution in [2.75, 3.05) is 29.9 Å². The lowest BCUT2D eigenvalue weighted by molar-refractivity contribution is 0.160. The summed E-state index contributed by atoms with van der Waals surface area (Å²) in [6.07, 6.45) is 3.63. The van der Waals surface area contributed by atoms with Gasteiger partial charge < -0.3 is 19.7 Å². The van der Waals surface area contributed by atoms with Gasteiger partial charge in [0.25, 0.3) is 0 Å². The molecule has 3 heterocycles. The Bertz CT molecular complexity index is 1180. The minimum absolute atomic E-state index is 0.0113. The summed E-state index contributed by atoms with van der Waals surface area (Å²) in [6, 6.07) is 13.6. The Hall–Kier alpha value is -3.35. The summed E-state index contributed by atoms with van der Waals surface area (Å²) in [5, 5.41) is 2.59. The highest BCUT2D eigenvalue weighted by Crippen LogP contribution is 2.48. The summed E-state index contributed by atoms with van der Waals surface area (Å²) >= 11 is 0. The number of aromatic nitrogens is 1. The Morgan fingerprint density at radius 3 is 2.56 bits per heavy atom. The Morgan fingerprint density at radius 2 is 1.84 bits per heavy atom. The van der Waals surface area contributed by atoms with Crippen LogP contribution in [0.5, 0.6) is 0 Å². The lowest BCUT2D eigenvalue weighted by atomic mass is 9.80. The molecule has 166 valence electrons. The summed E-state index contributed by atoms with van der Waals surface area (Å²) in [5.41, 5.74) is 4.61. The fraction of sp³-hybridized carbons (Fsp3) is 0.320. The maximum absolute atomic E-state index is 14.0. The van der Waals surface area contributed by atoms with Crippen LogP contribution in [-0.4, -0.2) is 35.1 Å². The maximum Gasteiger partial charge on any atom is 0.321 e. The number of nitrogens with zero attached hydrogens (tertiary/aromatic N) is 3. The molecule has 0 saturated carbocycles. The molecule has 2 aliphatic heterocycles. The Morgan fingerprint density at radius 1 is 1.06 bits per heavy atom. The molecule has 0 atom stereocenters. The summed E-state index contributed by atoms with van der Waals surface area (Å²) in [6.45, 7) is 6.21. The maximum atomic E-state index is 14.0. The van der Waals surface area contributed by atoms with E-state index in [0.29, 0.717) is 13.1 Å². The normalized spacial score (nSPS) is 16.6. The van der Waals surface area contributed by atoms with Crippen molar-refractivity contribution in [1.29, 1.82) is 0 Å². The highest BCUT2D eigenvalue weighted by molar-refractivity contribution is 5.89. The number of amides is 2. The third-order valence-corrected chi connectivity index (χ3v) is 6.79. The largest absolute Gasteiger partial charge is 0.359 e. The smallest absolute Gasteiger partial charge is 0.321 e. The quantitative estimate of drug-likeness (QED) is 0.582. The van der Waals surface area contributed by atoms with E-state index in [1.54, 1.807) is 4.90 Å². The average Bonchev–Trinajstić information content (AvgIpc) is 3.27. The molecule has 1 fully saturated rings. The van der Waals surface area contributed by atoms with E-state index in [1.165, 1.54) is 28.7 Å². The fourth-order valence-corrected chi connectivity index (χ4v) is 5.26. The number of carbonyl (C=O) groups is 1. The van der Waals surface area contributed by atoms with Gasteiger partial charge in [-0.15, -0.1) is 0 Å². The van der Waals surface area contributed by atoms with E-state index in [0.717, 1.165) is 31.5 Å². The second-order valence-corrected chi connectivity index (χ2v) is 8.57. The van der Waals surface area contributed by atoms with Crippen molar-refractivity contribution >= 4 is 17.4 Å². The van der Waals surface area contributed by atoms with Crippen molar-refractivity contribution in [3.8, 4) is 5.69 Å². The van der Waals surface area contributed by atoms with Crippen molar-refractivity contribution in [2.24, 2.45) is 0 Å². The van der Waals surface area contributed by atoms with E-state index >= 15 is 0 Å². The third-order valence-electron chi connectivity index (χ3n) is 6.79. The van der Waals surface area contributed by atoms with E-state index in [4.69, 9.17) is 0 Å². The number of nitrogens with one attached hydrogen (secondary N) is 1. The van der Waals surface area contributed by atoms with E-state index in [-0.39, 0.29) is 17.3 Å². The van der Waals surface area contributed by atoms with Crippen LogP contribution in [0.2, 0.25) is 0 Å². The predicted octanol–water partition coefficient (Wildman–Crippen LogP) is 5.43. The zero-order valence-electron chi connectivity index (χ0n) is 18.2. The lowest BCUT2D eigenvalue weighted by Gasteiger charge is -2.53. The minimum Gasteiger partial charge on any atom is -0.359 e. The second kappa shape index (κ2) is 7.65. The molecule has 0 aliphatic carbocycles. The molecule has 2 aliphatic rings. The molecular formula is C25H26F2N4O. The summed E-state index contributed by atoms with van der Waals surface area (Å²) in [5.74, 6) is -1.45. The van der Waals surface area contributed by atoms with Crippen molar-refractivity contribution in [2.45, 2.75) is 32.2 Å². The van der Waals surface area contributed by atoms with Crippen LogP contribution in [0.15, 0.2) is 54.7 Å². The second-order valence-electron chi connectivity index (χ2n) is 8.57. The van der Waals surface area contributed by atoms with E-state index < -0.39 is 11.6 Å². The number of aryl methyl sites for hydroxylation is 1. The van der Waals surface area contributed by atoms with Gasteiger partial charge in [-0.1, -0.05) is 6.07 Å². The number of halogens is 2. The first-order valence-electron chi connectivity index (χ1n) is 11.0. The number of anilines is 2. The van der Waals surface area contributed by atoms with Gasteiger partial charge in [0.15, 0.2) is 0 Å². The zero-order valence-corrected chi connectivity index (χ0v) is 18.2. The van der Waals surface area contributed by atoms with Gasteiger partial charge in [-0.05, 0) is 68.7 Å². The standard InChI is InChI=1S/C25H26F2N4O/c1-3-31-22-15-17(2)6-9-21(22)30-12-4-5-23(30)25(31)10-13-29(14-11-25)24(32)28-20-8-7-18(26)16-19(20)27/h4-9,12,15-16H,3,10-11,13-14H2,1-2H3,(H,28,32). The van der Waals surface area contributed by atoms with Gasteiger partial charge in [0, 0.05) is 37.6 Å². The van der Waals surface area contributed by atoms with Crippen LogP contribution in [0.25, 0.3) is 5.69 Å². The molecule has 1 N–H and O–H groups in total. The molecule has 1 aromatic heterocycles. The number of urea groups is 1. The molecular weight excluding hydrogens is 410 g/mol. The van der Waals surface area contributed by atoms with Gasteiger partial charge in [0.1, 0.15) is 11.6 Å². The summed E-state index contributed by atoms with van der Waals surface area (Å²) < 4.78 is 29.4. The zero-order chi connectivity index (χ0) is 22.5. The van der Waals surface area contributed by atoms with E-state index in [1.807, 2.05) is 0 Å². The van der Waals surface area contributed by atoms with E-state index in [2.05, 4.69) is 65.2 Å². The number of rotatable bonds is 2. The topological polar surface area (TPSA) is 40.5 Å². The number of fused-ring (bicyclic) bond motifs is 4. The van der Waals surface area contributed by atoms with Gasteiger partial charge in [-0.3, -0.25) is 0 Å². The van der Waals surface area contributed by atoms with Crippen LogP contribution in [0.4, 0.5) is 25.0 Å². The molecule has 32 heavy (non-hydrogen) atoms. The minimum atomic E-state index is -0.777. The van der Waals surface area contributed by atoms with Crippen molar-refractivity contribution in [3.63, 3.8) is 0 Å². The molecule has 2 aromatic carbocycles. The molecule has 0 radical (unpaired) electrons. The van der Waals surface area contributed by atoms with Gasteiger partial charge in [0.05, 0.1) is 22.6 Å². The van der Waals surface area contributed by atoms with Gasteiger partial charge in [-0.2, -0.15) is 0 Å². The molecule has 5 nitrogen and oxygen atoms in total. The highest BCUT2D eigenvalue weighted by Gasteiger charge is 2.46. The number of likely N-dealkylation sites (tertiary alicyclic amines) is 1. The van der Waals surface area contributed by atoms with Crippen LogP contribution in [-0.2, 0) is 5.54 Å². The van der Waals surface area contributed by atoms with Gasteiger partial charge >= 0.3 is 6.03 Å². The Kier molecular flexibility index (Phi) is 4.92. The van der Waals surface area contributed by atoms with Crippen molar-refractivity contribution in [3.05, 3.63) is 77.6 Å². The first kappa shape index (κ1) is 20.5. The molecule has 0 unspecified atom stereocenters. The molecule has 5 rings (SSSR count). The number of carbonyl (C=O) groups excluding carboxylic acids is 1. The number of piperidine rings is 1. The SMILES string of the molecule is CCN1c2cc(C)ccc2-n2cccc2C12CCN(C(=O)Nc1ccc(F)cc1F)CC2. The van der Waals surface area contributed by atoms with Gasteiger partial charge in [0.2, 0.25) is 0 Å². The van der Waals surface area contributed by atoms with Crippen LogP contribution < -0.4 is 10.2 Å². The van der Waals surface area contributed by atoms with Crippen LogP contribution in [0, 0.1) is 18.6 Å². The molecule has 1 saturated heterocycles.